The number of anilines is 1. The van der Waals surface area contributed by atoms with Crippen LogP contribution >= 0.6 is 22.9 Å². The molecule has 1 heterocycles. The molecule has 3 rings (SSSR count). The molecule has 23 heavy (non-hydrogen) atoms. The van der Waals surface area contributed by atoms with Gasteiger partial charge in [0.1, 0.15) is 0 Å². The normalized spacial score (nSPS) is 10.8. The zero-order valence-corrected chi connectivity index (χ0v) is 13.6. The number of halogens is 1. The van der Waals surface area contributed by atoms with Gasteiger partial charge in [0, 0.05) is 22.0 Å². The first-order valence-electron chi connectivity index (χ1n) is 6.96. The van der Waals surface area contributed by atoms with Crippen LogP contribution in [0.15, 0.2) is 66.1 Å². The van der Waals surface area contributed by atoms with Crippen molar-refractivity contribution in [2.75, 3.05) is 5.32 Å². The number of nitrogens with zero attached hydrogens (tertiary/aromatic N) is 1. The molecule has 2 aromatic carbocycles. The van der Waals surface area contributed by atoms with E-state index in [-0.39, 0.29) is 5.91 Å². The largest absolute Gasteiger partial charge is 0.298 e. The minimum absolute atomic E-state index is 0.223. The fourth-order valence-electron chi connectivity index (χ4n) is 2.00. The molecule has 0 aliphatic carbocycles. The quantitative estimate of drug-likeness (QED) is 0.670. The number of carbonyl (C=O) groups excluding carboxylic acids is 1. The van der Waals surface area contributed by atoms with E-state index in [0.29, 0.717) is 10.2 Å². The van der Waals surface area contributed by atoms with E-state index in [9.17, 15) is 4.79 Å². The fraction of sp³-hybridized carbons (Fsp3) is 0. The number of benzene rings is 2. The lowest BCUT2D eigenvalue weighted by Gasteiger charge is -1.97. The number of rotatable bonds is 4. The third kappa shape index (κ3) is 4.28. The van der Waals surface area contributed by atoms with E-state index in [1.807, 2.05) is 47.8 Å². The topological polar surface area (TPSA) is 42.0 Å². The highest BCUT2D eigenvalue weighted by Gasteiger charge is 2.05. The van der Waals surface area contributed by atoms with Crippen molar-refractivity contribution in [2.45, 2.75) is 0 Å². The van der Waals surface area contributed by atoms with E-state index in [1.54, 1.807) is 18.2 Å². The van der Waals surface area contributed by atoms with Gasteiger partial charge in [-0.25, -0.2) is 4.98 Å². The van der Waals surface area contributed by atoms with Gasteiger partial charge >= 0.3 is 0 Å². The van der Waals surface area contributed by atoms with Crippen molar-refractivity contribution in [1.82, 2.24) is 4.98 Å². The Hall–Kier alpha value is -2.43. The smallest absolute Gasteiger partial charge is 0.250 e. The first-order chi connectivity index (χ1) is 11.2. The number of carbonyl (C=O) groups is 1. The second kappa shape index (κ2) is 7.22. The number of amides is 1. The Morgan fingerprint density at radius 3 is 2.74 bits per heavy atom. The lowest BCUT2D eigenvalue weighted by atomic mass is 10.2. The molecule has 0 aliphatic heterocycles. The van der Waals surface area contributed by atoms with Crippen molar-refractivity contribution in [2.24, 2.45) is 0 Å². The Morgan fingerprint density at radius 1 is 1.13 bits per heavy atom. The molecule has 0 radical (unpaired) electrons. The maximum Gasteiger partial charge on any atom is 0.250 e. The first-order valence-corrected chi connectivity index (χ1v) is 8.22. The molecule has 0 saturated heterocycles. The zero-order chi connectivity index (χ0) is 16.1. The van der Waals surface area contributed by atoms with Crippen molar-refractivity contribution in [3.8, 4) is 11.3 Å². The molecule has 1 amide bonds. The maximum absolute atomic E-state index is 12.0. The van der Waals surface area contributed by atoms with Crippen LogP contribution in [0, 0.1) is 0 Å². The minimum atomic E-state index is -0.223. The van der Waals surface area contributed by atoms with Gasteiger partial charge in [-0.1, -0.05) is 54.1 Å². The van der Waals surface area contributed by atoms with E-state index < -0.39 is 0 Å². The van der Waals surface area contributed by atoms with Crippen LogP contribution in [-0.2, 0) is 4.79 Å². The van der Waals surface area contributed by atoms with Crippen molar-refractivity contribution >= 4 is 40.1 Å². The van der Waals surface area contributed by atoms with Gasteiger partial charge in [-0.15, -0.1) is 11.3 Å². The Morgan fingerprint density at radius 2 is 1.96 bits per heavy atom. The predicted molar refractivity (Wildman–Crippen MR) is 96.7 cm³/mol. The van der Waals surface area contributed by atoms with Gasteiger partial charge in [-0.3, -0.25) is 10.1 Å². The third-order valence-corrected chi connectivity index (χ3v) is 4.07. The molecule has 0 aliphatic rings. The summed E-state index contributed by atoms with van der Waals surface area (Å²) in [6, 6.07) is 17.2. The predicted octanol–water partition coefficient (Wildman–Crippen LogP) is 5.12. The standard InChI is InChI=1S/C18H13ClN2OS/c19-15-8-4-5-13(11-15)9-10-17(22)21-18-20-16(12-23-18)14-6-2-1-3-7-14/h1-12H,(H,20,21,22)/b10-9-. The third-order valence-electron chi connectivity index (χ3n) is 3.08. The fourth-order valence-corrected chi connectivity index (χ4v) is 2.92. The summed E-state index contributed by atoms with van der Waals surface area (Å²) in [4.78, 5) is 16.4. The number of hydrogen-bond donors (Lipinski definition) is 1. The summed E-state index contributed by atoms with van der Waals surface area (Å²) < 4.78 is 0. The zero-order valence-electron chi connectivity index (χ0n) is 12.1. The number of hydrogen-bond acceptors (Lipinski definition) is 3. The monoisotopic (exact) mass is 340 g/mol. The summed E-state index contributed by atoms with van der Waals surface area (Å²) in [6.07, 6.45) is 3.18. The second-order valence-corrected chi connectivity index (χ2v) is 6.08. The number of aromatic nitrogens is 1. The van der Waals surface area contributed by atoms with Crippen LogP contribution in [0.3, 0.4) is 0 Å². The first kappa shape index (κ1) is 15.5. The van der Waals surface area contributed by atoms with Gasteiger partial charge in [-0.2, -0.15) is 0 Å². The van der Waals surface area contributed by atoms with Crippen LogP contribution in [0.4, 0.5) is 5.13 Å². The van der Waals surface area contributed by atoms with E-state index in [1.165, 1.54) is 17.4 Å². The Bertz CT molecular complexity index is 843. The van der Waals surface area contributed by atoms with Crippen LogP contribution in [0.2, 0.25) is 5.02 Å². The summed E-state index contributed by atoms with van der Waals surface area (Å²) in [7, 11) is 0. The van der Waals surface area contributed by atoms with Gasteiger partial charge in [0.15, 0.2) is 5.13 Å². The summed E-state index contributed by atoms with van der Waals surface area (Å²) in [5.41, 5.74) is 2.75. The van der Waals surface area contributed by atoms with Crippen LogP contribution < -0.4 is 5.32 Å². The Labute approximate surface area is 143 Å². The summed E-state index contributed by atoms with van der Waals surface area (Å²) in [5.74, 6) is -0.223. The molecule has 1 aromatic heterocycles. The van der Waals surface area contributed by atoms with Gasteiger partial charge < -0.3 is 0 Å². The van der Waals surface area contributed by atoms with E-state index in [0.717, 1.165) is 16.8 Å². The maximum atomic E-state index is 12.0. The highest BCUT2D eigenvalue weighted by molar-refractivity contribution is 7.14. The minimum Gasteiger partial charge on any atom is -0.298 e. The van der Waals surface area contributed by atoms with Crippen molar-refractivity contribution < 1.29 is 4.79 Å². The van der Waals surface area contributed by atoms with Crippen LogP contribution in [-0.4, -0.2) is 10.9 Å². The summed E-state index contributed by atoms with van der Waals surface area (Å²) in [5, 5.41) is 5.90. The highest BCUT2D eigenvalue weighted by Crippen LogP contribution is 2.24. The average Bonchev–Trinajstić information content (AvgIpc) is 3.02. The SMILES string of the molecule is O=C(/C=C\c1cccc(Cl)c1)Nc1nc(-c2ccccc2)cs1. The highest BCUT2D eigenvalue weighted by atomic mass is 35.5. The Kier molecular flexibility index (Phi) is 4.86. The van der Waals surface area contributed by atoms with Crippen molar-refractivity contribution in [3.05, 3.63) is 76.6 Å². The van der Waals surface area contributed by atoms with Gasteiger partial charge in [0.25, 0.3) is 0 Å². The average molecular weight is 341 g/mol. The number of nitrogens with one attached hydrogen (secondary N) is 1. The molecule has 5 heteroatoms. The molecule has 3 aromatic rings. The second-order valence-electron chi connectivity index (χ2n) is 4.78. The van der Waals surface area contributed by atoms with Crippen LogP contribution in [0.25, 0.3) is 17.3 Å². The molecule has 114 valence electrons. The molecule has 0 atom stereocenters. The summed E-state index contributed by atoms with van der Waals surface area (Å²) >= 11 is 7.31. The molecule has 3 nitrogen and oxygen atoms in total. The summed E-state index contributed by atoms with van der Waals surface area (Å²) in [6.45, 7) is 0. The van der Waals surface area contributed by atoms with E-state index >= 15 is 0 Å². The molecule has 0 fully saturated rings. The van der Waals surface area contributed by atoms with Crippen LogP contribution in [0.1, 0.15) is 5.56 Å². The molecular formula is C18H13ClN2OS. The van der Waals surface area contributed by atoms with Gasteiger partial charge in [0.05, 0.1) is 5.69 Å². The van der Waals surface area contributed by atoms with E-state index in [4.69, 9.17) is 11.6 Å². The molecular weight excluding hydrogens is 328 g/mol. The lowest BCUT2D eigenvalue weighted by molar-refractivity contribution is -0.111. The van der Waals surface area contributed by atoms with Crippen molar-refractivity contribution in [3.63, 3.8) is 0 Å². The molecule has 0 unspecified atom stereocenters. The van der Waals surface area contributed by atoms with E-state index in [2.05, 4.69) is 10.3 Å². The molecule has 0 saturated carbocycles. The molecule has 0 spiro atoms. The van der Waals surface area contributed by atoms with Gasteiger partial charge in [-0.05, 0) is 23.8 Å². The lowest BCUT2D eigenvalue weighted by Crippen LogP contribution is -2.07. The Balaban J connectivity index is 1.66. The van der Waals surface area contributed by atoms with Crippen LogP contribution in [0.5, 0.6) is 0 Å². The number of thiazole rings is 1. The van der Waals surface area contributed by atoms with Crippen molar-refractivity contribution in [1.29, 1.82) is 0 Å². The molecule has 0 bridgehead atoms. The van der Waals surface area contributed by atoms with Gasteiger partial charge in [0.2, 0.25) is 5.91 Å². The molecule has 1 N–H and O–H groups in total.